The number of hydrogen-bond acceptors (Lipinski definition) is 4. The van der Waals surface area contributed by atoms with Gasteiger partial charge < -0.3 is 18.6 Å². The van der Waals surface area contributed by atoms with Crippen molar-refractivity contribution in [2.24, 2.45) is 0 Å². The fourth-order valence-corrected chi connectivity index (χ4v) is 12.2. The molecule has 2 heterocycles. The number of benzene rings is 11. The second-order valence-electron chi connectivity index (χ2n) is 20.6. The van der Waals surface area contributed by atoms with Crippen molar-refractivity contribution in [3.05, 3.63) is 235 Å². The average molecular weight is 955 g/mol. The SMILES string of the molecule is CC(C)c1cc(N(c2ccccc2C2=CC=CCC2)c2cccc3c2oc2ccccc23)c2ccc3c(C(C)C)cc(N(c4ccccc4-c4ccccc4)c4cccc5c4oc4ccccc45)c4ccc1c2c34. The average Bonchev–Trinajstić information content (AvgIpc) is 4.04. The number of para-hydroxylation sites is 6. The fourth-order valence-electron chi connectivity index (χ4n) is 12.2. The Morgan fingerprint density at radius 1 is 0.378 bits per heavy atom. The minimum Gasteiger partial charge on any atom is -0.454 e. The molecule has 0 atom stereocenters. The molecule has 4 nitrogen and oxygen atoms in total. The predicted molar refractivity (Wildman–Crippen MR) is 314 cm³/mol. The zero-order valence-electron chi connectivity index (χ0n) is 42.1. The van der Waals surface area contributed by atoms with Crippen molar-refractivity contribution >= 4 is 116 Å². The van der Waals surface area contributed by atoms with E-state index in [0.29, 0.717) is 0 Å². The van der Waals surface area contributed by atoms with Crippen LogP contribution in [-0.2, 0) is 0 Å². The Hall–Kier alpha value is -8.86. The number of anilines is 6. The third-order valence-electron chi connectivity index (χ3n) is 15.6. The molecule has 13 aromatic rings. The summed E-state index contributed by atoms with van der Waals surface area (Å²) < 4.78 is 13.9. The molecule has 2 aromatic heterocycles. The third-order valence-corrected chi connectivity index (χ3v) is 15.6. The van der Waals surface area contributed by atoms with Gasteiger partial charge in [0.2, 0.25) is 0 Å². The molecule has 0 spiro atoms. The topological polar surface area (TPSA) is 32.8 Å². The zero-order valence-corrected chi connectivity index (χ0v) is 42.1. The first kappa shape index (κ1) is 43.9. The summed E-state index contributed by atoms with van der Waals surface area (Å²) in [6, 6.07) is 73.3. The summed E-state index contributed by atoms with van der Waals surface area (Å²) in [5.41, 5.74) is 17.3. The Bertz CT molecular complexity index is 4400. The first-order chi connectivity index (χ1) is 36.4. The van der Waals surface area contributed by atoms with Crippen molar-refractivity contribution < 1.29 is 8.83 Å². The molecular weight excluding hydrogens is 901 g/mol. The van der Waals surface area contributed by atoms with E-state index in [2.05, 4.69) is 256 Å². The molecule has 1 aliphatic carbocycles. The van der Waals surface area contributed by atoms with Crippen LogP contribution in [0.25, 0.3) is 92.9 Å². The predicted octanol–water partition coefficient (Wildman–Crippen LogP) is 21.0. The summed E-state index contributed by atoms with van der Waals surface area (Å²) in [6.07, 6.45) is 8.76. The van der Waals surface area contributed by atoms with Crippen LogP contribution in [0, 0.1) is 0 Å². The van der Waals surface area contributed by atoms with E-state index in [1.165, 1.54) is 54.6 Å². The molecule has 11 aromatic carbocycles. The maximum Gasteiger partial charge on any atom is 0.159 e. The van der Waals surface area contributed by atoms with E-state index >= 15 is 0 Å². The van der Waals surface area contributed by atoms with Crippen LogP contribution in [0.15, 0.2) is 227 Å². The molecule has 14 rings (SSSR count). The van der Waals surface area contributed by atoms with Gasteiger partial charge in [0.1, 0.15) is 11.2 Å². The lowest BCUT2D eigenvalue weighted by molar-refractivity contribution is 0.668. The molecule has 0 amide bonds. The Labute approximate surface area is 431 Å². The van der Waals surface area contributed by atoms with E-state index < -0.39 is 0 Å². The molecule has 356 valence electrons. The molecule has 0 unspecified atom stereocenters. The highest BCUT2D eigenvalue weighted by Crippen LogP contribution is 2.54. The Balaban J connectivity index is 1.12. The highest BCUT2D eigenvalue weighted by atomic mass is 16.3. The molecule has 0 bridgehead atoms. The maximum absolute atomic E-state index is 6.97. The van der Waals surface area contributed by atoms with Crippen molar-refractivity contribution in [3.63, 3.8) is 0 Å². The van der Waals surface area contributed by atoms with E-state index in [1.807, 2.05) is 0 Å². The third kappa shape index (κ3) is 6.82. The Morgan fingerprint density at radius 3 is 1.35 bits per heavy atom. The van der Waals surface area contributed by atoms with Gasteiger partial charge in [-0.2, -0.15) is 0 Å². The summed E-state index contributed by atoms with van der Waals surface area (Å²) in [6.45, 7) is 9.36. The van der Waals surface area contributed by atoms with Crippen LogP contribution in [0.3, 0.4) is 0 Å². The summed E-state index contributed by atoms with van der Waals surface area (Å²) in [5.74, 6) is 0.426. The molecule has 0 fully saturated rings. The van der Waals surface area contributed by atoms with Crippen molar-refractivity contribution in [2.45, 2.75) is 52.4 Å². The van der Waals surface area contributed by atoms with Gasteiger partial charge in [-0.25, -0.2) is 0 Å². The number of furan rings is 2. The second kappa shape index (κ2) is 17.4. The van der Waals surface area contributed by atoms with Gasteiger partial charge in [-0.15, -0.1) is 0 Å². The van der Waals surface area contributed by atoms with Crippen LogP contribution in [-0.4, -0.2) is 0 Å². The quantitative estimate of drug-likeness (QED) is 0.128. The smallest absolute Gasteiger partial charge is 0.159 e. The van der Waals surface area contributed by atoms with Crippen LogP contribution in [0.1, 0.15) is 69.1 Å². The molecule has 74 heavy (non-hydrogen) atoms. The van der Waals surface area contributed by atoms with Gasteiger partial charge in [0.25, 0.3) is 0 Å². The minimum absolute atomic E-state index is 0.211. The van der Waals surface area contributed by atoms with Gasteiger partial charge in [-0.3, -0.25) is 0 Å². The Kier molecular flexibility index (Phi) is 10.3. The van der Waals surface area contributed by atoms with Crippen LogP contribution in [0.5, 0.6) is 0 Å². The standard InChI is InChI=1S/C70H54N2O2/c1-43(2)57-41-63(71(59-31-15-11-25-47(59)45-21-7-5-8-22-45)61-33-19-29-53-49-27-13-17-35-65(49)73-69(53)61)55-40-38-52-58(44(3)4)42-64(56-39-37-51(57)67(55)68(52)56)72(60-32-16-12-26-48(60)46-23-9-6-10-24-46)62-34-20-30-54-50-28-14-18-36-66(50)74-70(54)62/h5-9,11-23,25-44H,10,24H2,1-4H3. The van der Waals surface area contributed by atoms with E-state index in [1.54, 1.807) is 0 Å². The van der Waals surface area contributed by atoms with Crippen LogP contribution < -0.4 is 9.80 Å². The summed E-state index contributed by atoms with van der Waals surface area (Å²) in [7, 11) is 0. The van der Waals surface area contributed by atoms with E-state index in [-0.39, 0.29) is 11.8 Å². The molecule has 0 aliphatic heterocycles. The Morgan fingerprint density at radius 2 is 0.824 bits per heavy atom. The summed E-state index contributed by atoms with van der Waals surface area (Å²) >= 11 is 0. The van der Waals surface area contributed by atoms with Crippen molar-refractivity contribution in [1.29, 1.82) is 0 Å². The maximum atomic E-state index is 6.97. The second-order valence-corrected chi connectivity index (χ2v) is 20.6. The molecule has 1 aliphatic rings. The lowest BCUT2D eigenvalue weighted by Gasteiger charge is -2.33. The molecular formula is C70H54N2O2. The monoisotopic (exact) mass is 954 g/mol. The fraction of sp³-hybridized carbons (Fsp3) is 0.114. The lowest BCUT2D eigenvalue weighted by Crippen LogP contribution is -2.15. The van der Waals surface area contributed by atoms with Gasteiger partial charge in [0.05, 0.1) is 34.1 Å². The molecule has 0 saturated heterocycles. The molecule has 0 saturated carbocycles. The van der Waals surface area contributed by atoms with Gasteiger partial charge in [-0.05, 0) is 117 Å². The highest BCUT2D eigenvalue weighted by Gasteiger charge is 2.30. The normalized spacial score (nSPS) is 13.0. The van der Waals surface area contributed by atoms with Gasteiger partial charge in [0.15, 0.2) is 11.2 Å². The largest absolute Gasteiger partial charge is 0.454 e. The zero-order chi connectivity index (χ0) is 49.6. The number of allylic oxidation sites excluding steroid dienone is 4. The first-order valence-electron chi connectivity index (χ1n) is 26.2. The van der Waals surface area contributed by atoms with Crippen LogP contribution in [0.2, 0.25) is 0 Å². The van der Waals surface area contributed by atoms with Crippen LogP contribution >= 0.6 is 0 Å². The number of hydrogen-bond donors (Lipinski definition) is 0. The van der Waals surface area contributed by atoms with Crippen molar-refractivity contribution in [3.8, 4) is 11.1 Å². The summed E-state index contributed by atoms with van der Waals surface area (Å²) in [4.78, 5) is 5.01. The number of nitrogens with zero attached hydrogens (tertiary/aromatic N) is 2. The van der Waals surface area contributed by atoms with Gasteiger partial charge in [0, 0.05) is 43.4 Å². The van der Waals surface area contributed by atoms with E-state index in [4.69, 9.17) is 8.83 Å². The lowest BCUT2D eigenvalue weighted by atomic mass is 9.83. The van der Waals surface area contributed by atoms with Gasteiger partial charge in [-0.1, -0.05) is 198 Å². The van der Waals surface area contributed by atoms with E-state index in [9.17, 15) is 0 Å². The number of fused-ring (bicyclic) bond motifs is 6. The first-order valence-corrected chi connectivity index (χ1v) is 26.2. The number of rotatable bonds is 10. The minimum atomic E-state index is 0.211. The molecule has 0 N–H and O–H groups in total. The van der Waals surface area contributed by atoms with Crippen molar-refractivity contribution in [1.82, 2.24) is 0 Å². The molecule has 0 radical (unpaired) electrons. The van der Waals surface area contributed by atoms with Crippen molar-refractivity contribution in [2.75, 3.05) is 9.80 Å². The highest BCUT2D eigenvalue weighted by molar-refractivity contribution is 6.30. The summed E-state index contributed by atoms with van der Waals surface area (Å²) in [5, 5.41) is 11.8. The van der Waals surface area contributed by atoms with E-state index in [0.717, 1.165) is 102 Å². The van der Waals surface area contributed by atoms with Crippen LogP contribution in [0.4, 0.5) is 34.1 Å². The molecule has 4 heteroatoms. The van der Waals surface area contributed by atoms with Gasteiger partial charge >= 0.3 is 0 Å².